The second kappa shape index (κ2) is 8.81. The summed E-state index contributed by atoms with van der Waals surface area (Å²) >= 11 is 4.87. The van der Waals surface area contributed by atoms with Gasteiger partial charge in [0.25, 0.3) is 5.56 Å². The lowest BCUT2D eigenvalue weighted by atomic mass is 10.1. The molecule has 4 aromatic rings. The fraction of sp³-hybridized carbons (Fsp3) is 0.136. The number of para-hydroxylation sites is 2. The van der Waals surface area contributed by atoms with E-state index in [0.29, 0.717) is 21.7 Å². The molecule has 0 aliphatic heterocycles. The number of rotatable bonds is 6. The zero-order valence-electron chi connectivity index (χ0n) is 16.1. The maximum atomic E-state index is 13.1. The minimum absolute atomic E-state index is 0.142. The van der Waals surface area contributed by atoms with Gasteiger partial charge in [0.05, 0.1) is 24.5 Å². The van der Waals surface area contributed by atoms with E-state index >= 15 is 0 Å². The first-order valence-corrected chi connectivity index (χ1v) is 10.9. The Kier molecular flexibility index (Phi) is 5.96. The highest BCUT2D eigenvalue weighted by Crippen LogP contribution is 2.31. The molecule has 8 heteroatoms. The topological polar surface area (TPSA) is 73.2 Å². The number of thiophene rings is 1. The smallest absolute Gasteiger partial charge is 0.262 e. The normalized spacial score (nSPS) is 10.9. The predicted octanol–water partition coefficient (Wildman–Crippen LogP) is 4.92. The van der Waals surface area contributed by atoms with Crippen LogP contribution < -0.4 is 15.6 Å². The van der Waals surface area contributed by atoms with E-state index in [2.05, 4.69) is 26.2 Å². The molecule has 6 nitrogen and oxygen atoms in total. The summed E-state index contributed by atoms with van der Waals surface area (Å²) < 4.78 is 7.71. The molecule has 2 aromatic carbocycles. The molecular weight excluding hydrogens is 466 g/mol. The van der Waals surface area contributed by atoms with E-state index in [4.69, 9.17) is 4.74 Å². The van der Waals surface area contributed by atoms with Crippen LogP contribution in [0.1, 0.15) is 6.42 Å². The summed E-state index contributed by atoms with van der Waals surface area (Å²) in [6, 6.07) is 15.0. The number of anilines is 1. The van der Waals surface area contributed by atoms with E-state index in [1.807, 2.05) is 41.8 Å². The molecule has 4 rings (SSSR count). The van der Waals surface area contributed by atoms with Crippen LogP contribution in [0.15, 0.2) is 69.5 Å². The Morgan fingerprint density at radius 3 is 2.73 bits per heavy atom. The van der Waals surface area contributed by atoms with Crippen LogP contribution in [-0.4, -0.2) is 22.6 Å². The summed E-state index contributed by atoms with van der Waals surface area (Å²) in [6.07, 6.45) is 1.64. The number of methoxy groups -OCH3 is 1. The molecule has 0 fully saturated rings. The maximum Gasteiger partial charge on any atom is 0.262 e. The second-order valence-corrected chi connectivity index (χ2v) is 8.35. The van der Waals surface area contributed by atoms with E-state index < -0.39 is 0 Å². The molecule has 0 bridgehead atoms. The summed E-state index contributed by atoms with van der Waals surface area (Å²) in [5, 5.41) is 5.35. The quantitative estimate of drug-likeness (QED) is 0.422. The molecule has 2 aromatic heterocycles. The summed E-state index contributed by atoms with van der Waals surface area (Å²) in [6.45, 7) is 0.235. The summed E-state index contributed by atoms with van der Waals surface area (Å²) in [5.41, 5.74) is 2.26. The lowest BCUT2D eigenvalue weighted by Crippen LogP contribution is -2.23. The molecule has 0 unspecified atom stereocenters. The van der Waals surface area contributed by atoms with Gasteiger partial charge in [-0.2, -0.15) is 0 Å². The summed E-state index contributed by atoms with van der Waals surface area (Å²) in [4.78, 5) is 30.6. The molecule has 0 spiro atoms. The van der Waals surface area contributed by atoms with E-state index in [9.17, 15) is 9.59 Å². The van der Waals surface area contributed by atoms with Crippen LogP contribution in [0.25, 0.3) is 21.3 Å². The number of nitrogens with one attached hydrogen (secondary N) is 1. The van der Waals surface area contributed by atoms with Gasteiger partial charge in [-0.15, -0.1) is 11.3 Å². The van der Waals surface area contributed by atoms with Crippen LogP contribution in [-0.2, 0) is 11.3 Å². The molecule has 0 saturated carbocycles. The number of nitrogens with zero attached hydrogens (tertiary/aromatic N) is 2. The van der Waals surface area contributed by atoms with Crippen LogP contribution in [0.5, 0.6) is 5.75 Å². The van der Waals surface area contributed by atoms with Crippen molar-refractivity contribution in [2.24, 2.45) is 0 Å². The van der Waals surface area contributed by atoms with Gasteiger partial charge in [-0.3, -0.25) is 14.2 Å². The first kappa shape index (κ1) is 20.3. The Morgan fingerprint density at radius 1 is 1.20 bits per heavy atom. The fourth-order valence-corrected chi connectivity index (χ4v) is 4.32. The van der Waals surface area contributed by atoms with Gasteiger partial charge in [-0.05, 0) is 29.8 Å². The molecule has 1 N–H and O–H groups in total. The molecule has 0 aliphatic carbocycles. The Balaban J connectivity index is 1.55. The van der Waals surface area contributed by atoms with Crippen molar-refractivity contribution >= 4 is 49.1 Å². The molecule has 152 valence electrons. The lowest BCUT2D eigenvalue weighted by Gasteiger charge is -2.10. The average molecular weight is 484 g/mol. The van der Waals surface area contributed by atoms with Gasteiger partial charge in [0.2, 0.25) is 5.91 Å². The Hall–Kier alpha value is -2.97. The highest BCUT2D eigenvalue weighted by Gasteiger charge is 2.14. The fourth-order valence-electron chi connectivity index (χ4n) is 3.15. The summed E-state index contributed by atoms with van der Waals surface area (Å²) in [5.74, 6) is 0.383. The minimum Gasteiger partial charge on any atom is -0.495 e. The van der Waals surface area contributed by atoms with Crippen molar-refractivity contribution in [2.75, 3.05) is 12.4 Å². The number of ether oxygens (including phenoxy) is 1. The molecule has 0 saturated heterocycles. The number of aryl methyl sites for hydroxylation is 1. The van der Waals surface area contributed by atoms with E-state index in [-0.39, 0.29) is 24.4 Å². The average Bonchev–Trinajstić information content (AvgIpc) is 3.19. The number of amides is 1. The highest BCUT2D eigenvalue weighted by molar-refractivity contribution is 9.10. The maximum absolute atomic E-state index is 13.1. The van der Waals surface area contributed by atoms with E-state index in [1.54, 1.807) is 19.2 Å². The SMILES string of the molecule is COc1ccccc1NC(=O)CCn1cnc2scc(-c3ccc(Br)cc3)c2c1=O. The molecule has 30 heavy (non-hydrogen) atoms. The zero-order chi connectivity index (χ0) is 21.1. The van der Waals surface area contributed by atoms with Crippen molar-refractivity contribution < 1.29 is 9.53 Å². The molecule has 2 heterocycles. The van der Waals surface area contributed by atoms with Gasteiger partial charge >= 0.3 is 0 Å². The molecule has 0 radical (unpaired) electrons. The van der Waals surface area contributed by atoms with Crippen LogP contribution in [0.2, 0.25) is 0 Å². The third-order valence-electron chi connectivity index (χ3n) is 4.68. The minimum atomic E-state index is -0.204. The summed E-state index contributed by atoms with van der Waals surface area (Å²) in [7, 11) is 1.55. The number of hydrogen-bond donors (Lipinski definition) is 1. The van der Waals surface area contributed by atoms with Crippen LogP contribution in [0.3, 0.4) is 0 Å². The first-order chi connectivity index (χ1) is 14.6. The standard InChI is InChI=1S/C22H18BrN3O3S/c1-29-18-5-3-2-4-17(18)25-19(27)10-11-26-13-24-21-20(22(26)28)16(12-30-21)14-6-8-15(23)9-7-14/h2-9,12-13H,10-11H2,1H3,(H,25,27). The number of carbonyl (C=O) groups excluding carboxylic acids is 1. The van der Waals surface area contributed by atoms with Crippen molar-refractivity contribution in [2.45, 2.75) is 13.0 Å². The van der Waals surface area contributed by atoms with Gasteiger partial charge in [0.15, 0.2) is 0 Å². The Bertz CT molecular complexity index is 1260. The molecule has 1 amide bonds. The van der Waals surface area contributed by atoms with Crippen LogP contribution in [0, 0.1) is 0 Å². The van der Waals surface area contributed by atoms with Crippen molar-refractivity contribution in [3.63, 3.8) is 0 Å². The second-order valence-electron chi connectivity index (χ2n) is 6.58. The van der Waals surface area contributed by atoms with Crippen molar-refractivity contribution in [3.05, 3.63) is 75.1 Å². The van der Waals surface area contributed by atoms with Gasteiger partial charge in [0.1, 0.15) is 10.6 Å². The van der Waals surface area contributed by atoms with Gasteiger partial charge in [0, 0.05) is 28.4 Å². The lowest BCUT2D eigenvalue weighted by molar-refractivity contribution is -0.116. The predicted molar refractivity (Wildman–Crippen MR) is 123 cm³/mol. The number of benzene rings is 2. The Labute approximate surface area is 185 Å². The van der Waals surface area contributed by atoms with Gasteiger partial charge in [-0.1, -0.05) is 40.2 Å². The number of halogens is 1. The Morgan fingerprint density at radius 2 is 1.97 bits per heavy atom. The van der Waals surface area contributed by atoms with Crippen LogP contribution >= 0.6 is 27.3 Å². The van der Waals surface area contributed by atoms with Gasteiger partial charge < -0.3 is 10.1 Å². The van der Waals surface area contributed by atoms with E-state index in [0.717, 1.165) is 15.6 Å². The third-order valence-corrected chi connectivity index (χ3v) is 6.09. The third kappa shape index (κ3) is 4.15. The number of fused-ring (bicyclic) bond motifs is 1. The van der Waals surface area contributed by atoms with Crippen molar-refractivity contribution in [1.29, 1.82) is 0 Å². The largest absolute Gasteiger partial charge is 0.495 e. The van der Waals surface area contributed by atoms with E-state index in [1.165, 1.54) is 22.2 Å². The molecule has 0 atom stereocenters. The van der Waals surface area contributed by atoms with Crippen molar-refractivity contribution in [3.8, 4) is 16.9 Å². The number of aromatic nitrogens is 2. The first-order valence-electron chi connectivity index (χ1n) is 9.22. The number of hydrogen-bond acceptors (Lipinski definition) is 5. The zero-order valence-corrected chi connectivity index (χ0v) is 18.5. The van der Waals surface area contributed by atoms with Crippen molar-refractivity contribution in [1.82, 2.24) is 9.55 Å². The van der Waals surface area contributed by atoms with Gasteiger partial charge in [-0.25, -0.2) is 4.98 Å². The monoisotopic (exact) mass is 483 g/mol. The molecular formula is C22H18BrN3O3S. The van der Waals surface area contributed by atoms with Crippen LogP contribution in [0.4, 0.5) is 5.69 Å². The highest BCUT2D eigenvalue weighted by atomic mass is 79.9. The number of carbonyl (C=O) groups is 1. The molecule has 0 aliphatic rings.